The Morgan fingerprint density at radius 3 is 2.13 bits per heavy atom. The second-order valence-electron chi connectivity index (χ2n) is 9.03. The molecule has 15 heteroatoms. The molecule has 2 fully saturated rings. The number of aliphatic carboxylic acids is 1. The normalized spacial score (nSPS) is 28.3. The summed E-state index contributed by atoms with van der Waals surface area (Å²) in [6.07, 6.45) is -5.32. The maximum absolute atomic E-state index is 12.6. The van der Waals surface area contributed by atoms with Gasteiger partial charge in [0.15, 0.2) is 24.5 Å². The van der Waals surface area contributed by atoms with Crippen molar-refractivity contribution in [2.45, 2.75) is 96.3 Å². The molecule has 0 aromatic rings. The molecule has 8 atom stereocenters. The molecule has 2 rings (SSSR count). The first-order valence-corrected chi connectivity index (χ1v) is 12.1. The van der Waals surface area contributed by atoms with Crippen LogP contribution in [0.2, 0.25) is 0 Å². The number of esters is 3. The Labute approximate surface area is 219 Å². The van der Waals surface area contributed by atoms with E-state index < -0.39 is 91.1 Å². The van der Waals surface area contributed by atoms with Crippen LogP contribution >= 0.6 is 0 Å². The van der Waals surface area contributed by atoms with Crippen molar-refractivity contribution in [2.24, 2.45) is 0 Å². The topological polar surface area (TPSA) is 205 Å². The van der Waals surface area contributed by atoms with E-state index in [9.17, 15) is 33.9 Å². The maximum Gasteiger partial charge on any atom is 0.328 e. The lowest BCUT2D eigenvalue weighted by molar-refractivity contribution is -0.287. The van der Waals surface area contributed by atoms with Crippen LogP contribution in [0.5, 0.6) is 0 Å². The van der Waals surface area contributed by atoms with E-state index >= 15 is 0 Å². The number of carboxylic acids is 1. The first-order valence-electron chi connectivity index (χ1n) is 12.1. The van der Waals surface area contributed by atoms with E-state index in [1.165, 1.54) is 13.8 Å². The third-order valence-corrected chi connectivity index (χ3v) is 5.83. The first kappa shape index (κ1) is 30.9. The highest BCUT2D eigenvalue weighted by atomic mass is 16.7. The minimum absolute atomic E-state index is 0.446. The van der Waals surface area contributed by atoms with Crippen molar-refractivity contribution in [2.75, 3.05) is 13.2 Å². The largest absolute Gasteiger partial charge is 0.480 e. The van der Waals surface area contributed by atoms with Gasteiger partial charge in [-0.05, 0) is 26.3 Å². The number of rotatable bonds is 11. The van der Waals surface area contributed by atoms with Gasteiger partial charge in [-0.25, -0.2) is 4.79 Å². The number of carboxylic acid groups (broad SMARTS) is 1. The molecule has 0 aromatic carbocycles. The molecular formula is C23H35N3O12. The predicted molar refractivity (Wildman–Crippen MR) is 125 cm³/mol. The molecule has 4 N–H and O–H groups in total. The zero-order valence-electron chi connectivity index (χ0n) is 21.9. The second kappa shape index (κ2) is 14.0. The zero-order valence-corrected chi connectivity index (χ0v) is 21.9. The van der Waals surface area contributed by atoms with Crippen LogP contribution in [-0.4, -0.2) is 103 Å². The summed E-state index contributed by atoms with van der Waals surface area (Å²) in [6, 6.07) is -3.34. The van der Waals surface area contributed by atoms with Crippen LogP contribution in [-0.2, 0) is 52.5 Å². The third kappa shape index (κ3) is 8.92. The van der Waals surface area contributed by atoms with Gasteiger partial charge < -0.3 is 44.7 Å². The molecule has 214 valence electrons. The van der Waals surface area contributed by atoms with Gasteiger partial charge in [0.2, 0.25) is 11.8 Å². The van der Waals surface area contributed by atoms with Crippen LogP contribution in [0.3, 0.4) is 0 Å². The van der Waals surface area contributed by atoms with Crippen molar-refractivity contribution in [3.05, 3.63) is 0 Å². The van der Waals surface area contributed by atoms with Gasteiger partial charge in [0.1, 0.15) is 18.8 Å². The fourth-order valence-electron chi connectivity index (χ4n) is 4.24. The molecule has 38 heavy (non-hydrogen) atoms. The molecule has 2 aliphatic heterocycles. The van der Waals surface area contributed by atoms with Gasteiger partial charge in [0, 0.05) is 27.7 Å². The number of hydrogen-bond acceptors (Lipinski definition) is 12. The molecule has 2 amide bonds. The van der Waals surface area contributed by atoms with Crippen LogP contribution < -0.4 is 16.0 Å². The molecular weight excluding hydrogens is 510 g/mol. The molecule has 0 spiro atoms. The predicted octanol–water partition coefficient (Wildman–Crippen LogP) is -1.63. The van der Waals surface area contributed by atoms with Gasteiger partial charge in [0.25, 0.3) is 0 Å². The van der Waals surface area contributed by atoms with E-state index in [1.807, 2.05) is 0 Å². The number of carbonyl (C=O) groups is 6. The third-order valence-electron chi connectivity index (χ3n) is 5.83. The molecule has 15 nitrogen and oxygen atoms in total. The highest BCUT2D eigenvalue weighted by Gasteiger charge is 2.52. The van der Waals surface area contributed by atoms with Crippen LogP contribution in [0.25, 0.3) is 0 Å². The molecule has 2 saturated heterocycles. The van der Waals surface area contributed by atoms with Crippen LogP contribution in [0, 0.1) is 0 Å². The fourth-order valence-corrected chi connectivity index (χ4v) is 4.24. The smallest absolute Gasteiger partial charge is 0.328 e. The maximum atomic E-state index is 12.6. The molecule has 2 heterocycles. The molecule has 0 bridgehead atoms. The van der Waals surface area contributed by atoms with Crippen molar-refractivity contribution in [1.29, 1.82) is 0 Å². The van der Waals surface area contributed by atoms with Crippen LogP contribution in [0.4, 0.5) is 0 Å². The van der Waals surface area contributed by atoms with Gasteiger partial charge in [-0.3, -0.25) is 24.0 Å². The molecule has 2 aliphatic rings. The summed E-state index contributed by atoms with van der Waals surface area (Å²) in [5.74, 6) is -4.74. The lowest BCUT2D eigenvalue weighted by Crippen LogP contribution is -2.67. The van der Waals surface area contributed by atoms with Gasteiger partial charge in [-0.1, -0.05) is 0 Å². The van der Waals surface area contributed by atoms with E-state index in [0.717, 1.165) is 27.2 Å². The number of ether oxygens (including phenoxy) is 5. The average Bonchev–Trinajstić information content (AvgIpc) is 3.34. The van der Waals surface area contributed by atoms with Crippen LogP contribution in [0.1, 0.15) is 47.5 Å². The average molecular weight is 546 g/mol. The lowest BCUT2D eigenvalue weighted by atomic mass is 9.95. The summed E-state index contributed by atoms with van der Waals surface area (Å²) in [5.41, 5.74) is 0. The Morgan fingerprint density at radius 1 is 1.00 bits per heavy atom. The molecule has 0 saturated carbocycles. The van der Waals surface area contributed by atoms with Gasteiger partial charge in [-0.15, -0.1) is 0 Å². The summed E-state index contributed by atoms with van der Waals surface area (Å²) >= 11 is 0. The van der Waals surface area contributed by atoms with E-state index in [4.69, 9.17) is 23.7 Å². The minimum atomic E-state index is -1.52. The molecule has 0 unspecified atom stereocenters. The Balaban J connectivity index is 2.37. The zero-order chi connectivity index (χ0) is 28.6. The summed E-state index contributed by atoms with van der Waals surface area (Å²) in [5, 5.41) is 17.7. The molecule has 0 aromatic heterocycles. The van der Waals surface area contributed by atoms with Gasteiger partial charge in [0.05, 0.1) is 12.1 Å². The summed E-state index contributed by atoms with van der Waals surface area (Å²) in [7, 11) is 0. The van der Waals surface area contributed by atoms with Crippen molar-refractivity contribution in [1.82, 2.24) is 16.0 Å². The van der Waals surface area contributed by atoms with E-state index in [1.54, 1.807) is 0 Å². The monoisotopic (exact) mass is 545 g/mol. The van der Waals surface area contributed by atoms with Crippen molar-refractivity contribution in [3.63, 3.8) is 0 Å². The number of amides is 2. The highest BCUT2D eigenvalue weighted by Crippen LogP contribution is 2.29. The minimum Gasteiger partial charge on any atom is -0.480 e. The van der Waals surface area contributed by atoms with E-state index in [-0.39, 0.29) is 0 Å². The Kier molecular flexibility index (Phi) is 11.4. The first-order chi connectivity index (χ1) is 17.8. The van der Waals surface area contributed by atoms with Crippen molar-refractivity contribution in [3.8, 4) is 0 Å². The summed E-state index contributed by atoms with van der Waals surface area (Å²) in [6.45, 7) is 6.06. The SMILES string of the molecule is CC(=O)N[C@H]1[C@@H](O[C@H](C)[C@H](NC(=O)[C@@H]2CCCN2)C(=O)O)O[C@H](COC(C)=O)[C@H](OC(C)=O)[C@@H]1OC(C)=O. The van der Waals surface area contributed by atoms with Crippen molar-refractivity contribution < 1.29 is 57.6 Å². The Morgan fingerprint density at radius 2 is 1.63 bits per heavy atom. The van der Waals surface area contributed by atoms with Gasteiger partial charge in [-0.2, -0.15) is 0 Å². The molecule has 0 radical (unpaired) electrons. The standard InChI is InChI=1S/C23H35N3O12/c1-10(17(22(32)33)26-21(31)15-7-6-8-24-15)35-23-18(25-11(2)27)20(37-14(5)30)19(36-13(4)29)16(38-23)9-34-12(3)28/h10,15-20,23-24H,6-9H2,1-5H3,(H,25,27)(H,26,31)(H,32,33)/t10-,15+,16-,17+,18-,19+,20-,23+/m1/s1. The van der Waals surface area contributed by atoms with Gasteiger partial charge >= 0.3 is 23.9 Å². The Hall–Kier alpha value is -3.30. The number of carbonyl (C=O) groups excluding carboxylic acids is 5. The lowest BCUT2D eigenvalue weighted by Gasteiger charge is -2.45. The van der Waals surface area contributed by atoms with E-state index in [2.05, 4.69) is 16.0 Å². The summed E-state index contributed by atoms with van der Waals surface area (Å²) < 4.78 is 27.5. The Bertz CT molecular complexity index is 906. The quantitative estimate of drug-likeness (QED) is 0.170. The van der Waals surface area contributed by atoms with Crippen molar-refractivity contribution >= 4 is 35.7 Å². The highest BCUT2D eigenvalue weighted by molar-refractivity contribution is 5.87. The fraction of sp³-hybridized carbons (Fsp3) is 0.739. The van der Waals surface area contributed by atoms with Crippen LogP contribution in [0.15, 0.2) is 0 Å². The van der Waals surface area contributed by atoms with E-state index in [0.29, 0.717) is 13.0 Å². The molecule has 0 aliphatic carbocycles. The second-order valence-corrected chi connectivity index (χ2v) is 9.03. The number of nitrogens with one attached hydrogen (secondary N) is 3. The number of hydrogen-bond donors (Lipinski definition) is 4. The summed E-state index contributed by atoms with van der Waals surface area (Å²) in [4.78, 5) is 71.8.